The Balaban J connectivity index is 1.67. The van der Waals surface area contributed by atoms with Crippen LogP contribution in [0.5, 0.6) is 0 Å². The Bertz CT molecular complexity index is 2010. The number of aryl methyl sites for hydroxylation is 3. The van der Waals surface area contributed by atoms with Crippen LogP contribution in [0.15, 0.2) is 65.7 Å². The largest absolute Gasteiger partial charge is 0.361 e. The van der Waals surface area contributed by atoms with Crippen molar-refractivity contribution in [3.05, 3.63) is 94.4 Å². The molecule has 0 bridgehead atoms. The molecule has 222 valence electrons. The van der Waals surface area contributed by atoms with E-state index in [-0.39, 0.29) is 23.2 Å². The summed E-state index contributed by atoms with van der Waals surface area (Å²) in [5.74, 6) is -0.136. The van der Waals surface area contributed by atoms with Crippen molar-refractivity contribution in [2.24, 2.45) is 0 Å². The number of rotatable bonds is 10. The molecular formula is C33H36N4O4SSi. The minimum Gasteiger partial charge on any atom is -0.361 e. The van der Waals surface area contributed by atoms with Crippen LogP contribution < -0.4 is 0 Å². The molecule has 2 aromatic heterocycles. The van der Waals surface area contributed by atoms with Gasteiger partial charge in [0.1, 0.15) is 6.73 Å². The van der Waals surface area contributed by atoms with E-state index >= 15 is 0 Å². The molecule has 0 aliphatic carbocycles. The first kappa shape index (κ1) is 30.4. The molecule has 0 spiro atoms. The van der Waals surface area contributed by atoms with E-state index < -0.39 is 18.1 Å². The number of hydrogen-bond acceptors (Lipinski definition) is 6. The average molecular weight is 613 g/mol. The van der Waals surface area contributed by atoms with E-state index in [4.69, 9.17) is 9.72 Å². The van der Waals surface area contributed by atoms with Crippen molar-refractivity contribution in [3.8, 4) is 6.07 Å². The minimum atomic E-state index is -3.91. The van der Waals surface area contributed by atoms with Gasteiger partial charge in [0.25, 0.3) is 10.0 Å². The number of aromatic nitrogens is 3. The number of carbonyl (C=O) groups is 1. The zero-order valence-electron chi connectivity index (χ0n) is 25.4. The summed E-state index contributed by atoms with van der Waals surface area (Å²) in [4.78, 5) is 19.4. The summed E-state index contributed by atoms with van der Waals surface area (Å²) in [6.45, 7) is 13.3. The highest BCUT2D eigenvalue weighted by Crippen LogP contribution is 2.33. The number of nitrogens with zero attached hydrogens (tertiary/aromatic N) is 4. The monoisotopic (exact) mass is 612 g/mol. The normalized spacial score (nSPS) is 12.2. The molecule has 8 nitrogen and oxygen atoms in total. The van der Waals surface area contributed by atoms with Crippen LogP contribution in [-0.4, -0.2) is 42.4 Å². The maximum atomic E-state index is 14.5. The van der Waals surface area contributed by atoms with E-state index in [9.17, 15) is 18.5 Å². The second-order valence-electron chi connectivity index (χ2n) is 12.1. The van der Waals surface area contributed by atoms with Crippen molar-refractivity contribution in [3.63, 3.8) is 0 Å². The molecule has 0 amide bonds. The third kappa shape index (κ3) is 5.80. The van der Waals surface area contributed by atoms with Crippen LogP contribution in [0.2, 0.25) is 25.7 Å². The summed E-state index contributed by atoms with van der Waals surface area (Å²) >= 11 is 0. The molecule has 0 saturated carbocycles. The lowest BCUT2D eigenvalue weighted by atomic mass is 9.94. The number of nitriles is 1. The molecular weight excluding hydrogens is 577 g/mol. The number of ether oxygens (including phenoxy) is 1. The van der Waals surface area contributed by atoms with Crippen molar-refractivity contribution < 1.29 is 17.9 Å². The zero-order chi connectivity index (χ0) is 31.1. The fourth-order valence-electron chi connectivity index (χ4n) is 5.30. The molecule has 2 heterocycles. The van der Waals surface area contributed by atoms with Gasteiger partial charge in [0.15, 0.2) is 5.82 Å². The Morgan fingerprint density at radius 3 is 2.42 bits per heavy atom. The van der Waals surface area contributed by atoms with Crippen molar-refractivity contribution in [2.45, 2.75) is 64.5 Å². The third-order valence-electron chi connectivity index (χ3n) is 7.69. The second-order valence-corrected chi connectivity index (χ2v) is 19.6. The van der Waals surface area contributed by atoms with Crippen LogP contribution in [-0.2, 0) is 27.9 Å². The summed E-state index contributed by atoms with van der Waals surface area (Å²) in [5, 5.41) is 10.0. The Labute approximate surface area is 253 Å². The van der Waals surface area contributed by atoms with Crippen molar-refractivity contribution in [1.29, 1.82) is 5.26 Å². The first-order valence-electron chi connectivity index (χ1n) is 14.3. The average Bonchev–Trinajstić information content (AvgIpc) is 3.57. The molecule has 5 aromatic rings. The van der Waals surface area contributed by atoms with Gasteiger partial charge in [-0.05, 0) is 73.8 Å². The molecule has 0 fully saturated rings. The first-order valence-corrected chi connectivity index (χ1v) is 19.5. The molecule has 0 radical (unpaired) electrons. The first-order chi connectivity index (χ1) is 20.4. The Hall–Kier alpha value is -4.04. The molecule has 0 unspecified atom stereocenters. The van der Waals surface area contributed by atoms with Gasteiger partial charge in [0.2, 0.25) is 5.78 Å². The second kappa shape index (κ2) is 11.6. The lowest BCUT2D eigenvalue weighted by Crippen LogP contribution is -2.22. The fraction of sp³-hybridized carbons (Fsp3) is 0.303. The molecule has 0 aliphatic rings. The van der Waals surface area contributed by atoms with Crippen LogP contribution >= 0.6 is 0 Å². The number of carbonyl (C=O) groups excluding carboxylic acids is 1. The van der Waals surface area contributed by atoms with E-state index in [2.05, 4.69) is 25.7 Å². The zero-order valence-corrected chi connectivity index (χ0v) is 27.2. The molecule has 0 N–H and O–H groups in total. The predicted octanol–water partition coefficient (Wildman–Crippen LogP) is 6.82. The van der Waals surface area contributed by atoms with E-state index in [1.807, 2.05) is 26.8 Å². The van der Waals surface area contributed by atoms with Crippen LogP contribution in [0.25, 0.3) is 21.9 Å². The summed E-state index contributed by atoms with van der Waals surface area (Å²) < 4.78 is 36.6. The molecule has 5 rings (SSSR count). The fourth-order valence-corrected chi connectivity index (χ4v) is 7.47. The topological polar surface area (TPSA) is 107 Å². The van der Waals surface area contributed by atoms with Gasteiger partial charge in [0, 0.05) is 31.8 Å². The third-order valence-corrected chi connectivity index (χ3v) is 11.1. The van der Waals surface area contributed by atoms with Gasteiger partial charge >= 0.3 is 0 Å². The number of fused-ring (bicyclic) bond motifs is 2. The van der Waals surface area contributed by atoms with Crippen LogP contribution in [0.3, 0.4) is 0 Å². The Morgan fingerprint density at radius 1 is 1.05 bits per heavy atom. The van der Waals surface area contributed by atoms with E-state index in [1.165, 1.54) is 10.2 Å². The quantitative estimate of drug-likeness (QED) is 0.0973. The molecule has 3 aromatic carbocycles. The summed E-state index contributed by atoms with van der Waals surface area (Å²) in [5.41, 5.74) is 5.06. The van der Waals surface area contributed by atoms with Gasteiger partial charge < -0.3 is 4.74 Å². The smallest absolute Gasteiger partial charge is 0.268 e. The minimum absolute atomic E-state index is 0.132. The molecule has 0 saturated heterocycles. The number of ketones is 1. The highest BCUT2D eigenvalue weighted by Gasteiger charge is 2.28. The van der Waals surface area contributed by atoms with Gasteiger partial charge in [-0.1, -0.05) is 50.3 Å². The summed E-state index contributed by atoms with van der Waals surface area (Å²) in [6, 6.07) is 18.6. The molecule has 0 atom stereocenters. The van der Waals surface area contributed by atoms with Crippen molar-refractivity contribution in [1.82, 2.24) is 13.5 Å². The number of hydrogen-bond donors (Lipinski definition) is 0. The van der Waals surface area contributed by atoms with Crippen molar-refractivity contribution >= 4 is 45.8 Å². The van der Waals surface area contributed by atoms with E-state index in [0.717, 1.165) is 22.7 Å². The van der Waals surface area contributed by atoms with Gasteiger partial charge in [-0.25, -0.2) is 17.4 Å². The molecule has 10 heteroatoms. The maximum Gasteiger partial charge on any atom is 0.268 e. The van der Waals surface area contributed by atoms with E-state index in [1.54, 1.807) is 53.1 Å². The van der Waals surface area contributed by atoms with E-state index in [0.29, 0.717) is 46.1 Å². The van der Waals surface area contributed by atoms with Crippen LogP contribution in [0.1, 0.15) is 45.4 Å². The molecule has 43 heavy (non-hydrogen) atoms. The van der Waals surface area contributed by atoms with Crippen LogP contribution in [0.4, 0.5) is 0 Å². The lowest BCUT2D eigenvalue weighted by Gasteiger charge is -2.17. The summed E-state index contributed by atoms with van der Waals surface area (Å²) in [6.07, 6.45) is 2.09. The summed E-state index contributed by atoms with van der Waals surface area (Å²) in [7, 11) is -5.24. The molecule has 0 aliphatic heterocycles. The number of imidazole rings is 1. The van der Waals surface area contributed by atoms with Gasteiger partial charge in [-0.15, -0.1) is 0 Å². The highest BCUT2D eigenvalue weighted by atomic mass is 32.2. The standard InChI is InChI=1S/C33H36N4O4SSi/c1-7-25-18-23(3)31-27(14-15-37(31)42(39,40)26-11-8-22(2)9-12-26)30(25)32(38)33-35-28-19-24(20-34)10-13-29(28)36(33)21-41-16-17-43(4,5)6/h8-15,18-19H,7,16-17,21H2,1-6H3. The van der Waals surface area contributed by atoms with Crippen molar-refractivity contribution in [2.75, 3.05) is 6.61 Å². The van der Waals surface area contributed by atoms with Gasteiger partial charge in [-0.2, -0.15) is 5.26 Å². The van der Waals surface area contributed by atoms with Gasteiger partial charge in [0.05, 0.1) is 33.1 Å². The van der Waals surface area contributed by atoms with Crippen LogP contribution in [0, 0.1) is 25.2 Å². The Morgan fingerprint density at radius 2 is 1.77 bits per heavy atom. The maximum absolute atomic E-state index is 14.5. The number of benzene rings is 3. The highest BCUT2D eigenvalue weighted by molar-refractivity contribution is 7.90. The Kier molecular flexibility index (Phi) is 8.18. The lowest BCUT2D eigenvalue weighted by molar-refractivity contribution is 0.0835. The predicted molar refractivity (Wildman–Crippen MR) is 172 cm³/mol. The van der Waals surface area contributed by atoms with Gasteiger partial charge in [-0.3, -0.25) is 9.36 Å². The SMILES string of the molecule is CCc1cc(C)c2c(ccn2S(=O)(=O)c2ccc(C)cc2)c1C(=O)c1nc2cc(C#N)ccc2n1COCC[Si](C)(C)C.